The second-order valence-corrected chi connectivity index (χ2v) is 8.58. The zero-order valence-electron chi connectivity index (χ0n) is 18.7. The fraction of sp³-hybridized carbons (Fsp3) is 0.458. The van der Waals surface area contributed by atoms with Gasteiger partial charge in [-0.3, -0.25) is 14.6 Å². The number of carbonyl (C=O) groups is 1. The van der Waals surface area contributed by atoms with Gasteiger partial charge in [-0.2, -0.15) is 5.10 Å². The van der Waals surface area contributed by atoms with E-state index < -0.39 is 0 Å². The maximum atomic E-state index is 12.7. The smallest absolute Gasteiger partial charge is 0.253 e. The summed E-state index contributed by atoms with van der Waals surface area (Å²) in [6, 6.07) is 12.8. The molecule has 2 aromatic heterocycles. The molecule has 3 heterocycles. The predicted octanol–water partition coefficient (Wildman–Crippen LogP) is 2.87. The Hall–Kier alpha value is -2.77. The molecule has 3 aromatic rings. The van der Waals surface area contributed by atoms with Gasteiger partial charge in [-0.15, -0.1) is 0 Å². The van der Waals surface area contributed by atoms with Gasteiger partial charge in [-0.05, 0) is 32.4 Å². The van der Waals surface area contributed by atoms with Crippen LogP contribution < -0.4 is 5.32 Å². The lowest BCUT2D eigenvalue weighted by molar-refractivity contribution is 0.0933. The van der Waals surface area contributed by atoms with Gasteiger partial charge < -0.3 is 5.32 Å². The van der Waals surface area contributed by atoms with Crippen LogP contribution in [0.1, 0.15) is 41.5 Å². The number of aromatic nitrogens is 3. The molecule has 0 spiro atoms. The maximum absolute atomic E-state index is 12.7. The predicted molar refractivity (Wildman–Crippen MR) is 123 cm³/mol. The Balaban J connectivity index is 1.26. The molecule has 1 fully saturated rings. The summed E-state index contributed by atoms with van der Waals surface area (Å²) in [6.07, 6.45) is 1.79. The van der Waals surface area contributed by atoms with E-state index in [1.807, 2.05) is 17.7 Å². The van der Waals surface area contributed by atoms with Gasteiger partial charge in [0.2, 0.25) is 0 Å². The van der Waals surface area contributed by atoms with Crippen LogP contribution in [0.3, 0.4) is 0 Å². The number of piperazine rings is 1. The highest BCUT2D eigenvalue weighted by Crippen LogP contribution is 2.19. The quantitative estimate of drug-likeness (QED) is 0.637. The summed E-state index contributed by atoms with van der Waals surface area (Å²) in [6.45, 7) is 12.7. The number of fused-ring (bicyclic) bond motifs is 1. The van der Waals surface area contributed by atoms with E-state index in [2.05, 4.69) is 69.4 Å². The molecule has 7 heteroatoms. The van der Waals surface area contributed by atoms with Crippen molar-refractivity contribution < 1.29 is 4.79 Å². The largest absolute Gasteiger partial charge is 0.351 e. The van der Waals surface area contributed by atoms with Crippen LogP contribution in [0.25, 0.3) is 11.0 Å². The van der Waals surface area contributed by atoms with Crippen LogP contribution in [0.4, 0.5) is 0 Å². The Morgan fingerprint density at radius 3 is 2.52 bits per heavy atom. The van der Waals surface area contributed by atoms with Crippen molar-refractivity contribution in [2.75, 3.05) is 39.3 Å². The molecule has 0 unspecified atom stereocenters. The molecule has 1 saturated heterocycles. The SMILES string of the molecule is Cc1nc2c(cnn2C(C)C)cc1C(=O)NCCN1CCN(Cc2ccccc2)CC1. The average molecular weight is 421 g/mol. The summed E-state index contributed by atoms with van der Waals surface area (Å²) < 4.78 is 1.89. The minimum absolute atomic E-state index is 0.0630. The zero-order valence-corrected chi connectivity index (χ0v) is 18.7. The summed E-state index contributed by atoms with van der Waals surface area (Å²) in [4.78, 5) is 22.3. The van der Waals surface area contributed by atoms with Crippen molar-refractivity contribution in [3.63, 3.8) is 0 Å². The third-order valence-electron chi connectivity index (χ3n) is 5.92. The maximum Gasteiger partial charge on any atom is 0.253 e. The van der Waals surface area contributed by atoms with Gasteiger partial charge in [0.05, 0.1) is 17.5 Å². The molecule has 1 N–H and O–H groups in total. The average Bonchev–Trinajstić information content (AvgIpc) is 3.18. The number of amides is 1. The van der Waals surface area contributed by atoms with Crippen molar-refractivity contribution in [1.82, 2.24) is 29.9 Å². The minimum atomic E-state index is -0.0630. The monoisotopic (exact) mass is 420 g/mol. The third kappa shape index (κ3) is 5.11. The van der Waals surface area contributed by atoms with E-state index in [1.165, 1.54) is 5.56 Å². The molecule has 1 amide bonds. The van der Waals surface area contributed by atoms with E-state index in [0.717, 1.165) is 56.0 Å². The van der Waals surface area contributed by atoms with Gasteiger partial charge >= 0.3 is 0 Å². The minimum Gasteiger partial charge on any atom is -0.351 e. The number of pyridine rings is 1. The first kappa shape index (κ1) is 21.5. The molecule has 1 aliphatic heterocycles. The van der Waals surface area contributed by atoms with E-state index in [4.69, 9.17) is 0 Å². The second-order valence-electron chi connectivity index (χ2n) is 8.58. The van der Waals surface area contributed by atoms with Crippen LogP contribution >= 0.6 is 0 Å². The van der Waals surface area contributed by atoms with E-state index in [-0.39, 0.29) is 11.9 Å². The van der Waals surface area contributed by atoms with Gasteiger partial charge in [0.1, 0.15) is 0 Å². The van der Waals surface area contributed by atoms with Gasteiger partial charge in [0, 0.05) is 57.2 Å². The molecule has 1 aromatic carbocycles. The number of rotatable bonds is 7. The third-order valence-corrected chi connectivity index (χ3v) is 5.92. The highest BCUT2D eigenvalue weighted by Gasteiger charge is 2.18. The Bertz CT molecular complexity index is 1020. The number of hydrogen-bond acceptors (Lipinski definition) is 5. The number of hydrogen-bond donors (Lipinski definition) is 1. The zero-order chi connectivity index (χ0) is 21.8. The van der Waals surface area contributed by atoms with Gasteiger partial charge in [0.15, 0.2) is 5.65 Å². The van der Waals surface area contributed by atoms with Gasteiger partial charge in [-0.1, -0.05) is 30.3 Å². The van der Waals surface area contributed by atoms with Gasteiger partial charge in [-0.25, -0.2) is 9.67 Å². The standard InChI is InChI=1S/C24H32N6O/c1-18(2)30-23-21(16-26-30)15-22(19(3)27-23)24(31)25-9-10-28-11-13-29(14-12-28)17-20-7-5-4-6-8-20/h4-8,15-16,18H,9-14,17H2,1-3H3,(H,25,31). The van der Waals surface area contributed by atoms with Crippen LogP contribution in [0.2, 0.25) is 0 Å². The number of nitrogens with zero attached hydrogens (tertiary/aromatic N) is 5. The molecule has 0 atom stereocenters. The van der Waals surface area contributed by atoms with Crippen LogP contribution in [0.5, 0.6) is 0 Å². The van der Waals surface area contributed by atoms with Crippen molar-refractivity contribution in [2.24, 2.45) is 0 Å². The first-order chi connectivity index (χ1) is 15.0. The molecule has 0 bridgehead atoms. The van der Waals surface area contributed by atoms with Crippen LogP contribution in [-0.4, -0.2) is 69.7 Å². The number of nitrogens with one attached hydrogen (secondary N) is 1. The normalized spacial score (nSPS) is 15.6. The molecule has 1 aliphatic rings. The highest BCUT2D eigenvalue weighted by molar-refractivity contribution is 5.98. The summed E-state index contributed by atoms with van der Waals surface area (Å²) >= 11 is 0. The Morgan fingerprint density at radius 1 is 1.10 bits per heavy atom. The number of aryl methyl sites for hydroxylation is 1. The lowest BCUT2D eigenvalue weighted by Crippen LogP contribution is -2.48. The fourth-order valence-corrected chi connectivity index (χ4v) is 4.11. The second kappa shape index (κ2) is 9.58. The van der Waals surface area contributed by atoms with Crippen molar-refractivity contribution in [3.05, 3.63) is 59.4 Å². The lowest BCUT2D eigenvalue weighted by Gasteiger charge is -2.34. The fourth-order valence-electron chi connectivity index (χ4n) is 4.11. The van der Waals surface area contributed by atoms with Crippen molar-refractivity contribution in [3.8, 4) is 0 Å². The molecule has 0 saturated carbocycles. The molecular formula is C24H32N6O. The Morgan fingerprint density at radius 2 is 1.81 bits per heavy atom. The number of benzene rings is 1. The topological polar surface area (TPSA) is 66.3 Å². The van der Waals surface area contributed by atoms with Crippen molar-refractivity contribution in [1.29, 1.82) is 0 Å². The molecule has 7 nitrogen and oxygen atoms in total. The van der Waals surface area contributed by atoms with Crippen molar-refractivity contribution in [2.45, 2.75) is 33.4 Å². The first-order valence-corrected chi connectivity index (χ1v) is 11.1. The summed E-state index contributed by atoms with van der Waals surface area (Å²) in [5.41, 5.74) is 3.56. The Labute approximate surface area is 184 Å². The van der Waals surface area contributed by atoms with Crippen LogP contribution in [-0.2, 0) is 6.54 Å². The summed E-state index contributed by atoms with van der Waals surface area (Å²) in [5, 5.41) is 8.38. The molecule has 31 heavy (non-hydrogen) atoms. The van der Waals surface area contributed by atoms with E-state index in [1.54, 1.807) is 6.20 Å². The molecular weight excluding hydrogens is 388 g/mol. The lowest BCUT2D eigenvalue weighted by atomic mass is 10.1. The van der Waals surface area contributed by atoms with Crippen LogP contribution in [0.15, 0.2) is 42.6 Å². The molecule has 0 aliphatic carbocycles. The van der Waals surface area contributed by atoms with E-state index in [9.17, 15) is 4.79 Å². The number of carbonyl (C=O) groups excluding carboxylic acids is 1. The summed E-state index contributed by atoms with van der Waals surface area (Å²) in [5.74, 6) is -0.0630. The summed E-state index contributed by atoms with van der Waals surface area (Å²) in [7, 11) is 0. The van der Waals surface area contributed by atoms with Crippen molar-refractivity contribution >= 4 is 16.9 Å². The molecule has 4 rings (SSSR count). The van der Waals surface area contributed by atoms with E-state index >= 15 is 0 Å². The van der Waals surface area contributed by atoms with Crippen LogP contribution in [0, 0.1) is 6.92 Å². The molecule has 164 valence electrons. The van der Waals surface area contributed by atoms with E-state index in [0.29, 0.717) is 12.1 Å². The van der Waals surface area contributed by atoms with Gasteiger partial charge in [0.25, 0.3) is 5.91 Å². The Kier molecular flexibility index (Phi) is 6.63. The molecule has 0 radical (unpaired) electrons. The highest BCUT2D eigenvalue weighted by atomic mass is 16.1. The first-order valence-electron chi connectivity index (χ1n) is 11.1.